The van der Waals surface area contributed by atoms with Crippen molar-refractivity contribution in [3.8, 4) is 0 Å². The number of hydrogen-bond acceptors (Lipinski definition) is 6. The van der Waals surface area contributed by atoms with E-state index in [1.54, 1.807) is 24.3 Å². The standard InChI is InChI=1S/C18H22N4O7/c1-12(23)19-7-8-21(10-15(24)25)18(28)22-9-14(16(22)26)20-17(27)29-11-13-5-3-2-4-6-13/h2-6,14H,7-11H2,1H3,(H,19,23)(H,20,27)(H,24,25)/t14-/m0/s1. The lowest BCUT2D eigenvalue weighted by Gasteiger charge is -2.39. The van der Waals surface area contributed by atoms with Crippen LogP contribution in [-0.4, -0.2) is 77.0 Å². The van der Waals surface area contributed by atoms with E-state index in [-0.39, 0.29) is 32.1 Å². The molecule has 11 nitrogen and oxygen atoms in total. The van der Waals surface area contributed by atoms with Crippen LogP contribution in [0.15, 0.2) is 30.3 Å². The number of nitrogens with zero attached hydrogens (tertiary/aromatic N) is 2. The fourth-order valence-electron chi connectivity index (χ4n) is 2.56. The Morgan fingerprint density at radius 1 is 1.24 bits per heavy atom. The van der Waals surface area contributed by atoms with Crippen LogP contribution in [0.4, 0.5) is 9.59 Å². The zero-order valence-electron chi connectivity index (χ0n) is 15.8. The van der Waals surface area contributed by atoms with Crippen LogP contribution in [-0.2, 0) is 25.7 Å². The van der Waals surface area contributed by atoms with Gasteiger partial charge in [0.1, 0.15) is 19.2 Å². The molecule has 1 fully saturated rings. The summed E-state index contributed by atoms with van der Waals surface area (Å²) in [5.41, 5.74) is 0.780. The molecule has 1 atom stereocenters. The van der Waals surface area contributed by atoms with Crippen molar-refractivity contribution in [3.63, 3.8) is 0 Å². The van der Waals surface area contributed by atoms with Crippen molar-refractivity contribution in [2.24, 2.45) is 0 Å². The molecule has 1 saturated heterocycles. The molecule has 2 rings (SSSR count). The smallest absolute Gasteiger partial charge is 0.408 e. The van der Waals surface area contributed by atoms with Gasteiger partial charge < -0.3 is 25.4 Å². The Balaban J connectivity index is 1.82. The van der Waals surface area contributed by atoms with E-state index >= 15 is 0 Å². The third-order valence-corrected chi connectivity index (χ3v) is 4.02. The molecule has 11 heteroatoms. The Morgan fingerprint density at radius 2 is 1.93 bits per heavy atom. The number of carbonyl (C=O) groups is 5. The summed E-state index contributed by atoms with van der Waals surface area (Å²) in [5, 5.41) is 13.8. The second kappa shape index (κ2) is 10.1. The van der Waals surface area contributed by atoms with Crippen LogP contribution in [0.2, 0.25) is 0 Å². The molecule has 156 valence electrons. The van der Waals surface area contributed by atoms with Gasteiger partial charge in [-0.1, -0.05) is 30.3 Å². The Kier molecular flexibility index (Phi) is 7.52. The van der Waals surface area contributed by atoms with Crippen LogP contribution in [0.25, 0.3) is 0 Å². The quantitative estimate of drug-likeness (QED) is 0.505. The van der Waals surface area contributed by atoms with E-state index in [2.05, 4.69) is 10.6 Å². The number of rotatable bonds is 8. The van der Waals surface area contributed by atoms with E-state index in [4.69, 9.17) is 9.84 Å². The van der Waals surface area contributed by atoms with E-state index in [0.717, 1.165) is 15.4 Å². The van der Waals surface area contributed by atoms with Gasteiger partial charge in [0.05, 0.1) is 6.54 Å². The zero-order valence-corrected chi connectivity index (χ0v) is 15.8. The number of likely N-dealkylation sites (tertiary alicyclic amines) is 1. The highest BCUT2D eigenvalue weighted by Crippen LogP contribution is 2.14. The minimum atomic E-state index is -1.26. The van der Waals surface area contributed by atoms with Gasteiger partial charge in [0, 0.05) is 20.0 Å². The van der Waals surface area contributed by atoms with Crippen molar-refractivity contribution in [1.29, 1.82) is 0 Å². The molecule has 29 heavy (non-hydrogen) atoms. The predicted molar refractivity (Wildman–Crippen MR) is 98.6 cm³/mol. The molecule has 1 heterocycles. The van der Waals surface area contributed by atoms with E-state index in [9.17, 15) is 24.0 Å². The van der Waals surface area contributed by atoms with Crippen LogP contribution in [0.1, 0.15) is 12.5 Å². The number of alkyl carbamates (subject to hydrolysis) is 1. The van der Waals surface area contributed by atoms with Gasteiger partial charge in [-0.05, 0) is 5.56 Å². The average Bonchev–Trinajstić information content (AvgIpc) is 2.68. The Hall–Kier alpha value is -3.63. The maximum absolute atomic E-state index is 12.4. The fourth-order valence-corrected chi connectivity index (χ4v) is 2.56. The van der Waals surface area contributed by atoms with Gasteiger partial charge in [-0.2, -0.15) is 0 Å². The summed E-state index contributed by atoms with van der Waals surface area (Å²) in [6.07, 6.45) is -0.799. The summed E-state index contributed by atoms with van der Waals surface area (Å²) >= 11 is 0. The number of urea groups is 1. The van der Waals surface area contributed by atoms with Crippen LogP contribution in [0, 0.1) is 0 Å². The summed E-state index contributed by atoms with van der Waals surface area (Å²) in [6, 6.07) is 7.24. The molecule has 1 aliphatic rings. The number of aliphatic carboxylic acids is 1. The number of carboxylic acid groups (broad SMARTS) is 1. The van der Waals surface area contributed by atoms with Crippen LogP contribution in [0.5, 0.6) is 0 Å². The summed E-state index contributed by atoms with van der Waals surface area (Å²) < 4.78 is 5.02. The molecule has 0 unspecified atom stereocenters. The lowest BCUT2D eigenvalue weighted by molar-refractivity contribution is -0.142. The molecule has 0 saturated carbocycles. The minimum Gasteiger partial charge on any atom is -0.480 e. The fraction of sp³-hybridized carbons (Fsp3) is 0.389. The Bertz CT molecular complexity index is 784. The number of ether oxygens (including phenoxy) is 1. The zero-order chi connectivity index (χ0) is 21.4. The normalized spacial score (nSPS) is 15.1. The first-order valence-corrected chi connectivity index (χ1v) is 8.81. The molecule has 3 N–H and O–H groups in total. The molecular formula is C18H22N4O7. The van der Waals surface area contributed by atoms with Crippen LogP contribution >= 0.6 is 0 Å². The van der Waals surface area contributed by atoms with Crippen molar-refractivity contribution < 1.29 is 33.8 Å². The number of imide groups is 1. The second-order valence-electron chi connectivity index (χ2n) is 6.29. The molecule has 0 radical (unpaired) electrons. The van der Waals surface area contributed by atoms with Crippen molar-refractivity contribution in [1.82, 2.24) is 20.4 Å². The van der Waals surface area contributed by atoms with Crippen molar-refractivity contribution in [2.75, 3.05) is 26.2 Å². The van der Waals surface area contributed by atoms with Crippen LogP contribution in [0.3, 0.4) is 0 Å². The minimum absolute atomic E-state index is 0.0335. The number of amides is 5. The Labute approximate surface area is 166 Å². The third kappa shape index (κ3) is 6.48. The summed E-state index contributed by atoms with van der Waals surface area (Å²) in [4.78, 5) is 60.0. The largest absolute Gasteiger partial charge is 0.480 e. The lowest BCUT2D eigenvalue weighted by Crippen LogP contribution is -2.67. The van der Waals surface area contributed by atoms with Gasteiger partial charge in [0.15, 0.2) is 0 Å². The average molecular weight is 406 g/mol. The highest BCUT2D eigenvalue weighted by molar-refractivity contribution is 6.03. The molecule has 1 aliphatic heterocycles. The number of carbonyl (C=O) groups excluding carboxylic acids is 4. The van der Waals surface area contributed by atoms with Crippen molar-refractivity contribution >= 4 is 29.9 Å². The number of benzene rings is 1. The molecule has 0 aromatic heterocycles. The SMILES string of the molecule is CC(=O)NCCN(CC(=O)O)C(=O)N1C[C@H](NC(=O)OCc2ccccc2)C1=O. The van der Waals surface area contributed by atoms with Gasteiger partial charge in [-0.15, -0.1) is 0 Å². The highest BCUT2D eigenvalue weighted by atomic mass is 16.5. The number of carboxylic acids is 1. The topological polar surface area (TPSA) is 145 Å². The second-order valence-corrected chi connectivity index (χ2v) is 6.29. The van der Waals surface area contributed by atoms with Gasteiger partial charge in [0.2, 0.25) is 5.91 Å². The molecule has 0 aliphatic carbocycles. The van der Waals surface area contributed by atoms with Gasteiger partial charge >= 0.3 is 18.1 Å². The number of nitrogens with one attached hydrogen (secondary N) is 2. The first-order chi connectivity index (χ1) is 13.8. The summed E-state index contributed by atoms with van der Waals surface area (Å²) in [6.45, 7) is 0.560. The highest BCUT2D eigenvalue weighted by Gasteiger charge is 2.43. The van der Waals surface area contributed by atoms with E-state index in [1.165, 1.54) is 6.92 Å². The molecule has 1 aromatic rings. The lowest BCUT2D eigenvalue weighted by atomic mass is 10.1. The van der Waals surface area contributed by atoms with Gasteiger partial charge in [-0.25, -0.2) is 9.59 Å². The first-order valence-electron chi connectivity index (χ1n) is 8.81. The van der Waals surface area contributed by atoms with Crippen LogP contribution < -0.4 is 10.6 Å². The van der Waals surface area contributed by atoms with E-state index < -0.39 is 36.6 Å². The molecule has 0 spiro atoms. The summed E-state index contributed by atoms with van der Waals surface area (Å²) in [5.74, 6) is -2.25. The number of hydrogen-bond donors (Lipinski definition) is 3. The van der Waals surface area contributed by atoms with Crippen molar-refractivity contribution in [3.05, 3.63) is 35.9 Å². The molecule has 5 amide bonds. The third-order valence-electron chi connectivity index (χ3n) is 4.02. The predicted octanol–water partition coefficient (Wildman–Crippen LogP) is -0.234. The van der Waals surface area contributed by atoms with Gasteiger partial charge in [0.25, 0.3) is 5.91 Å². The van der Waals surface area contributed by atoms with E-state index in [1.807, 2.05) is 6.07 Å². The molecule has 1 aromatic carbocycles. The monoisotopic (exact) mass is 406 g/mol. The van der Waals surface area contributed by atoms with Crippen molar-refractivity contribution in [2.45, 2.75) is 19.6 Å². The number of β-lactam (4-membered cyclic amide) rings is 1. The molecular weight excluding hydrogens is 384 g/mol. The first kappa shape index (κ1) is 21.7. The molecule has 0 bridgehead atoms. The van der Waals surface area contributed by atoms with E-state index in [0.29, 0.717) is 0 Å². The Morgan fingerprint density at radius 3 is 2.52 bits per heavy atom. The maximum Gasteiger partial charge on any atom is 0.408 e. The maximum atomic E-state index is 12.4. The van der Waals surface area contributed by atoms with Gasteiger partial charge in [-0.3, -0.25) is 19.3 Å². The summed E-state index contributed by atoms with van der Waals surface area (Å²) in [7, 11) is 0.